The van der Waals surface area contributed by atoms with E-state index in [2.05, 4.69) is 30.3 Å². The highest BCUT2D eigenvalue weighted by Gasteiger charge is 2.47. The van der Waals surface area contributed by atoms with Gasteiger partial charge in [0.15, 0.2) is 12.4 Å². The fourth-order valence-electron chi connectivity index (χ4n) is 5.59. The second-order valence-electron chi connectivity index (χ2n) is 9.91. The van der Waals surface area contributed by atoms with Crippen molar-refractivity contribution in [3.05, 3.63) is 96.4 Å². The van der Waals surface area contributed by atoms with Crippen LogP contribution in [-0.4, -0.2) is 31.3 Å². The topological polar surface area (TPSA) is 70.8 Å². The highest BCUT2D eigenvalue weighted by atomic mass is 16.6. The number of esters is 1. The predicted molar refractivity (Wildman–Crippen MR) is 150 cm³/mol. The average Bonchev–Trinajstić information content (AvgIpc) is 3.44. The summed E-state index contributed by atoms with van der Waals surface area (Å²) in [6, 6.07) is 28.2. The molecular weight excluding hydrogens is 490 g/mol. The Hall–Kier alpha value is -3.90. The van der Waals surface area contributed by atoms with Crippen LogP contribution in [0.15, 0.2) is 89.3 Å². The Morgan fingerprint density at radius 2 is 1.72 bits per heavy atom. The van der Waals surface area contributed by atoms with Crippen LogP contribution in [0.25, 0.3) is 22.6 Å². The Balaban J connectivity index is 1.48. The molecule has 0 radical (unpaired) electrons. The standard InChI is InChI=1S/C33H35NO5/c1-3-37-29(35)23-38-28-19-12-13-24(22-28)21-27-18-10-11-20-33(27,36-2)32-34-30(25-14-6-4-7-15-25)31(39-32)26-16-8-5-9-17-26/h4-9,12-17,19,22,27H,3,10-11,18,20-21,23H2,1-2H3. The summed E-state index contributed by atoms with van der Waals surface area (Å²) >= 11 is 0. The van der Waals surface area contributed by atoms with Crippen LogP contribution in [0.4, 0.5) is 0 Å². The molecule has 6 nitrogen and oxygen atoms in total. The van der Waals surface area contributed by atoms with E-state index in [0.29, 0.717) is 18.2 Å². The quantitative estimate of drug-likeness (QED) is 0.204. The molecule has 0 N–H and O–H groups in total. The highest BCUT2D eigenvalue weighted by Crippen LogP contribution is 2.48. The highest BCUT2D eigenvalue weighted by molar-refractivity contribution is 5.77. The molecule has 3 aromatic carbocycles. The van der Waals surface area contributed by atoms with Crippen molar-refractivity contribution >= 4 is 5.97 Å². The van der Waals surface area contributed by atoms with Gasteiger partial charge in [0.2, 0.25) is 5.89 Å². The van der Waals surface area contributed by atoms with E-state index in [0.717, 1.165) is 60.2 Å². The third-order valence-corrected chi connectivity index (χ3v) is 7.49. The number of carbonyl (C=O) groups is 1. The van der Waals surface area contributed by atoms with E-state index >= 15 is 0 Å². The molecule has 6 heteroatoms. The van der Waals surface area contributed by atoms with E-state index in [-0.39, 0.29) is 18.5 Å². The third-order valence-electron chi connectivity index (χ3n) is 7.49. The molecule has 0 saturated heterocycles. The zero-order chi connectivity index (χ0) is 27.1. The molecule has 1 heterocycles. The molecule has 2 atom stereocenters. The summed E-state index contributed by atoms with van der Waals surface area (Å²) < 4.78 is 23.7. The van der Waals surface area contributed by atoms with Crippen LogP contribution in [-0.2, 0) is 26.3 Å². The maximum Gasteiger partial charge on any atom is 0.344 e. The number of methoxy groups -OCH3 is 1. The number of carbonyl (C=O) groups excluding carboxylic acids is 1. The van der Waals surface area contributed by atoms with Crippen molar-refractivity contribution in [1.29, 1.82) is 0 Å². The van der Waals surface area contributed by atoms with Crippen LogP contribution in [0.2, 0.25) is 0 Å². The summed E-state index contributed by atoms with van der Waals surface area (Å²) in [5.41, 5.74) is 3.28. The largest absolute Gasteiger partial charge is 0.482 e. The van der Waals surface area contributed by atoms with Gasteiger partial charge in [-0.3, -0.25) is 0 Å². The molecule has 0 aliphatic heterocycles. The van der Waals surface area contributed by atoms with Gasteiger partial charge in [0.25, 0.3) is 0 Å². The first-order chi connectivity index (χ1) is 19.1. The van der Waals surface area contributed by atoms with Gasteiger partial charge >= 0.3 is 5.97 Å². The van der Waals surface area contributed by atoms with Gasteiger partial charge in [-0.05, 0) is 43.9 Å². The fourth-order valence-corrected chi connectivity index (χ4v) is 5.59. The molecule has 1 aromatic heterocycles. The Morgan fingerprint density at radius 1 is 0.974 bits per heavy atom. The van der Waals surface area contributed by atoms with E-state index in [1.807, 2.05) is 54.6 Å². The van der Waals surface area contributed by atoms with Crippen molar-refractivity contribution in [3.63, 3.8) is 0 Å². The Kier molecular flexibility index (Phi) is 8.42. The SMILES string of the molecule is CCOC(=O)COc1cccc(CC2CCCCC2(OC)c2nc(-c3ccccc3)c(-c3ccccc3)o2)c1. The number of aromatic nitrogens is 1. The number of oxazole rings is 1. The van der Waals surface area contributed by atoms with E-state index in [4.69, 9.17) is 23.6 Å². The molecule has 2 unspecified atom stereocenters. The number of hydrogen-bond acceptors (Lipinski definition) is 6. The molecule has 1 aliphatic rings. The Labute approximate surface area is 229 Å². The van der Waals surface area contributed by atoms with Crippen LogP contribution in [0, 0.1) is 5.92 Å². The molecule has 1 fully saturated rings. The summed E-state index contributed by atoms with van der Waals surface area (Å²) in [5, 5.41) is 0. The van der Waals surface area contributed by atoms with Crippen LogP contribution in [0.3, 0.4) is 0 Å². The number of benzene rings is 3. The second kappa shape index (κ2) is 12.3. The van der Waals surface area contributed by atoms with Crippen molar-refractivity contribution in [3.8, 4) is 28.3 Å². The van der Waals surface area contributed by atoms with Crippen molar-refractivity contribution < 1.29 is 23.4 Å². The van der Waals surface area contributed by atoms with Gasteiger partial charge in [-0.25, -0.2) is 9.78 Å². The smallest absolute Gasteiger partial charge is 0.344 e. The van der Waals surface area contributed by atoms with Gasteiger partial charge in [-0.2, -0.15) is 0 Å². The van der Waals surface area contributed by atoms with Crippen LogP contribution < -0.4 is 4.74 Å². The van der Waals surface area contributed by atoms with Crippen molar-refractivity contribution in [2.75, 3.05) is 20.3 Å². The maximum atomic E-state index is 11.8. The molecule has 0 amide bonds. The van der Waals surface area contributed by atoms with E-state index in [1.54, 1.807) is 14.0 Å². The minimum absolute atomic E-state index is 0.108. The first kappa shape index (κ1) is 26.7. The monoisotopic (exact) mass is 525 g/mol. The molecular formula is C33H35NO5. The van der Waals surface area contributed by atoms with Gasteiger partial charge in [-0.15, -0.1) is 0 Å². The van der Waals surface area contributed by atoms with E-state index in [1.165, 1.54) is 0 Å². The molecule has 1 aliphatic carbocycles. The number of nitrogens with zero attached hydrogens (tertiary/aromatic N) is 1. The summed E-state index contributed by atoms with van der Waals surface area (Å²) in [6.45, 7) is 2.01. The number of rotatable bonds is 10. The van der Waals surface area contributed by atoms with Gasteiger partial charge in [0.05, 0.1) is 6.61 Å². The molecule has 5 rings (SSSR count). The lowest BCUT2D eigenvalue weighted by Crippen LogP contribution is -2.41. The third kappa shape index (κ3) is 5.91. The first-order valence-corrected chi connectivity index (χ1v) is 13.7. The molecule has 202 valence electrons. The van der Waals surface area contributed by atoms with Gasteiger partial charge in [0, 0.05) is 24.2 Å². The van der Waals surface area contributed by atoms with E-state index in [9.17, 15) is 4.79 Å². The van der Waals surface area contributed by atoms with Gasteiger partial charge in [0.1, 0.15) is 17.0 Å². The van der Waals surface area contributed by atoms with Crippen LogP contribution in [0.5, 0.6) is 5.75 Å². The first-order valence-electron chi connectivity index (χ1n) is 13.7. The average molecular weight is 526 g/mol. The summed E-state index contributed by atoms with van der Waals surface area (Å²) in [5.74, 6) is 1.81. The van der Waals surface area contributed by atoms with Gasteiger partial charge in [-0.1, -0.05) is 85.6 Å². The zero-order valence-electron chi connectivity index (χ0n) is 22.6. The minimum Gasteiger partial charge on any atom is -0.482 e. The summed E-state index contributed by atoms with van der Waals surface area (Å²) in [6.07, 6.45) is 4.75. The molecule has 4 aromatic rings. The second-order valence-corrected chi connectivity index (χ2v) is 9.91. The summed E-state index contributed by atoms with van der Waals surface area (Å²) in [7, 11) is 1.77. The molecule has 0 spiro atoms. The van der Waals surface area contributed by atoms with Crippen molar-refractivity contribution in [1.82, 2.24) is 4.98 Å². The summed E-state index contributed by atoms with van der Waals surface area (Å²) in [4.78, 5) is 16.9. The van der Waals surface area contributed by atoms with Gasteiger partial charge < -0.3 is 18.6 Å². The zero-order valence-corrected chi connectivity index (χ0v) is 22.6. The normalized spacial score (nSPS) is 19.0. The van der Waals surface area contributed by atoms with Crippen molar-refractivity contribution in [2.24, 2.45) is 5.92 Å². The minimum atomic E-state index is -0.656. The van der Waals surface area contributed by atoms with Crippen molar-refractivity contribution in [2.45, 2.75) is 44.6 Å². The lowest BCUT2D eigenvalue weighted by molar-refractivity contribution is -0.145. The number of hydrogen-bond donors (Lipinski definition) is 0. The molecule has 1 saturated carbocycles. The molecule has 39 heavy (non-hydrogen) atoms. The molecule has 0 bridgehead atoms. The Bertz CT molecular complexity index is 1310. The lowest BCUT2D eigenvalue weighted by Gasteiger charge is -2.41. The van der Waals surface area contributed by atoms with Crippen LogP contribution >= 0.6 is 0 Å². The van der Waals surface area contributed by atoms with Crippen LogP contribution in [0.1, 0.15) is 44.1 Å². The number of ether oxygens (including phenoxy) is 3. The Morgan fingerprint density at radius 3 is 2.44 bits per heavy atom. The lowest BCUT2D eigenvalue weighted by atomic mass is 9.72. The maximum absolute atomic E-state index is 11.8. The predicted octanol–water partition coefficient (Wildman–Crippen LogP) is 7.23. The van der Waals surface area contributed by atoms with E-state index < -0.39 is 5.60 Å². The fraction of sp³-hybridized carbons (Fsp3) is 0.333.